The van der Waals surface area contributed by atoms with E-state index in [-0.39, 0.29) is 11.9 Å². The fraction of sp³-hybridized carbons (Fsp3) is 0.333. The molecule has 0 radical (unpaired) electrons. The summed E-state index contributed by atoms with van der Waals surface area (Å²) in [6, 6.07) is 3.64. The average molecular weight is 297 g/mol. The summed E-state index contributed by atoms with van der Waals surface area (Å²) in [7, 11) is 0. The molecule has 1 aliphatic heterocycles. The fourth-order valence-corrected chi connectivity index (χ4v) is 2.99. The number of carbonyl (C=O) groups is 1. The van der Waals surface area contributed by atoms with Crippen LogP contribution in [0.5, 0.6) is 0 Å². The lowest BCUT2D eigenvalue weighted by atomic mass is 10.1. The Hall–Kier alpha value is -2.70. The van der Waals surface area contributed by atoms with E-state index in [4.69, 9.17) is 4.52 Å². The molecule has 7 nitrogen and oxygen atoms in total. The molecule has 0 spiro atoms. The van der Waals surface area contributed by atoms with E-state index in [1.807, 2.05) is 17.9 Å². The van der Waals surface area contributed by atoms with Gasteiger partial charge < -0.3 is 9.42 Å². The van der Waals surface area contributed by atoms with Gasteiger partial charge in [0.25, 0.3) is 5.91 Å². The summed E-state index contributed by atoms with van der Waals surface area (Å²) in [4.78, 5) is 19.0. The summed E-state index contributed by atoms with van der Waals surface area (Å²) in [5, 5.41) is 8.25. The number of likely N-dealkylation sites (tertiary alicyclic amines) is 1. The van der Waals surface area contributed by atoms with Crippen LogP contribution in [-0.2, 0) is 0 Å². The summed E-state index contributed by atoms with van der Waals surface area (Å²) < 4.78 is 6.76. The molecule has 1 atom stereocenters. The Labute approximate surface area is 126 Å². The standard InChI is InChI=1S/C15H15N5O2/c1-10-8-12(18-22-10)13-4-2-6-19(13)15(21)11-9-17-20-7-3-5-16-14(11)20/h3,5,7-9,13H,2,4,6H2,1H3. The van der Waals surface area contributed by atoms with E-state index >= 15 is 0 Å². The van der Waals surface area contributed by atoms with E-state index in [2.05, 4.69) is 15.2 Å². The molecule has 0 saturated carbocycles. The highest BCUT2D eigenvalue weighted by molar-refractivity contribution is 5.99. The van der Waals surface area contributed by atoms with E-state index in [9.17, 15) is 4.79 Å². The lowest BCUT2D eigenvalue weighted by Gasteiger charge is -2.22. The zero-order chi connectivity index (χ0) is 15.1. The molecule has 0 aliphatic carbocycles. The Kier molecular flexibility index (Phi) is 2.92. The van der Waals surface area contributed by atoms with Crippen molar-refractivity contribution in [2.45, 2.75) is 25.8 Å². The third kappa shape index (κ3) is 1.97. The highest BCUT2D eigenvalue weighted by Gasteiger charge is 2.33. The molecule has 3 aromatic rings. The molecule has 4 rings (SSSR count). The van der Waals surface area contributed by atoms with Crippen LogP contribution in [0.25, 0.3) is 5.65 Å². The van der Waals surface area contributed by atoms with E-state index in [1.54, 1.807) is 29.2 Å². The molecule has 1 amide bonds. The highest BCUT2D eigenvalue weighted by atomic mass is 16.5. The number of aryl methyl sites for hydroxylation is 1. The normalized spacial score (nSPS) is 18.2. The maximum absolute atomic E-state index is 12.9. The van der Waals surface area contributed by atoms with Crippen LogP contribution in [0.15, 0.2) is 35.2 Å². The van der Waals surface area contributed by atoms with Gasteiger partial charge in [-0.3, -0.25) is 4.79 Å². The van der Waals surface area contributed by atoms with Gasteiger partial charge in [0.05, 0.1) is 12.2 Å². The van der Waals surface area contributed by atoms with Gasteiger partial charge in [-0.25, -0.2) is 9.50 Å². The van der Waals surface area contributed by atoms with Gasteiger partial charge in [-0.05, 0) is 25.8 Å². The van der Waals surface area contributed by atoms with E-state index in [1.165, 1.54) is 0 Å². The minimum atomic E-state index is -0.0585. The molecule has 112 valence electrons. The predicted octanol–water partition coefficient (Wildman–Crippen LogP) is 2.00. The van der Waals surface area contributed by atoms with Crippen LogP contribution >= 0.6 is 0 Å². The lowest BCUT2D eigenvalue weighted by Crippen LogP contribution is -2.30. The molecular weight excluding hydrogens is 282 g/mol. The first-order valence-electron chi connectivity index (χ1n) is 7.26. The molecular formula is C15H15N5O2. The molecule has 1 fully saturated rings. The minimum Gasteiger partial charge on any atom is -0.361 e. The van der Waals surface area contributed by atoms with Crippen molar-refractivity contribution in [3.8, 4) is 0 Å². The van der Waals surface area contributed by atoms with Gasteiger partial charge >= 0.3 is 0 Å². The topological polar surface area (TPSA) is 76.5 Å². The van der Waals surface area contributed by atoms with Crippen LogP contribution in [0.2, 0.25) is 0 Å². The van der Waals surface area contributed by atoms with Crippen molar-refractivity contribution >= 4 is 11.6 Å². The third-order valence-corrected chi connectivity index (χ3v) is 4.01. The van der Waals surface area contributed by atoms with Crippen molar-refractivity contribution in [2.24, 2.45) is 0 Å². The van der Waals surface area contributed by atoms with Crippen molar-refractivity contribution in [1.29, 1.82) is 0 Å². The number of fused-ring (bicyclic) bond motifs is 1. The van der Waals surface area contributed by atoms with Crippen LogP contribution in [0.1, 0.15) is 40.7 Å². The molecule has 0 aromatic carbocycles. The van der Waals surface area contributed by atoms with Gasteiger partial charge in [0.2, 0.25) is 0 Å². The lowest BCUT2D eigenvalue weighted by molar-refractivity contribution is 0.0732. The summed E-state index contributed by atoms with van der Waals surface area (Å²) in [6.45, 7) is 2.56. The van der Waals surface area contributed by atoms with E-state index < -0.39 is 0 Å². The predicted molar refractivity (Wildman–Crippen MR) is 77.2 cm³/mol. The van der Waals surface area contributed by atoms with E-state index in [0.29, 0.717) is 17.8 Å². The van der Waals surface area contributed by atoms with Crippen LogP contribution in [0.3, 0.4) is 0 Å². The summed E-state index contributed by atoms with van der Waals surface area (Å²) >= 11 is 0. The molecule has 22 heavy (non-hydrogen) atoms. The Morgan fingerprint density at radius 2 is 2.36 bits per heavy atom. The van der Waals surface area contributed by atoms with Gasteiger partial charge in [0, 0.05) is 25.0 Å². The van der Waals surface area contributed by atoms with Gasteiger partial charge in [0.1, 0.15) is 17.0 Å². The van der Waals surface area contributed by atoms with Gasteiger partial charge in [-0.2, -0.15) is 5.10 Å². The SMILES string of the molecule is Cc1cc(C2CCCN2C(=O)c2cnn3cccnc23)no1. The first-order valence-corrected chi connectivity index (χ1v) is 7.26. The van der Waals surface area contributed by atoms with Crippen LogP contribution in [0, 0.1) is 6.92 Å². The quantitative estimate of drug-likeness (QED) is 0.723. The van der Waals surface area contributed by atoms with Crippen molar-refractivity contribution in [3.63, 3.8) is 0 Å². The molecule has 1 aliphatic rings. The van der Waals surface area contributed by atoms with Gasteiger partial charge in [-0.1, -0.05) is 5.16 Å². The largest absolute Gasteiger partial charge is 0.361 e. The molecule has 0 bridgehead atoms. The molecule has 1 saturated heterocycles. The second kappa shape index (κ2) is 4.94. The second-order valence-electron chi connectivity index (χ2n) is 5.47. The first-order chi connectivity index (χ1) is 10.7. The maximum Gasteiger partial charge on any atom is 0.259 e. The number of nitrogens with zero attached hydrogens (tertiary/aromatic N) is 5. The molecule has 4 heterocycles. The maximum atomic E-state index is 12.9. The third-order valence-electron chi connectivity index (χ3n) is 4.01. The Bertz CT molecular complexity index is 837. The summed E-state index contributed by atoms with van der Waals surface area (Å²) in [6.07, 6.45) is 6.87. The zero-order valence-electron chi connectivity index (χ0n) is 12.1. The minimum absolute atomic E-state index is 0.0383. The van der Waals surface area contributed by atoms with E-state index in [0.717, 1.165) is 24.3 Å². The summed E-state index contributed by atoms with van der Waals surface area (Å²) in [5.74, 6) is 0.698. The highest BCUT2D eigenvalue weighted by Crippen LogP contribution is 2.33. The average Bonchev–Trinajstić information content (AvgIpc) is 3.25. The Morgan fingerprint density at radius 3 is 3.18 bits per heavy atom. The number of aromatic nitrogens is 4. The molecule has 0 N–H and O–H groups in total. The second-order valence-corrected chi connectivity index (χ2v) is 5.47. The number of hydrogen-bond acceptors (Lipinski definition) is 5. The Balaban J connectivity index is 1.69. The number of rotatable bonds is 2. The molecule has 7 heteroatoms. The first kappa shape index (κ1) is 13.0. The zero-order valence-corrected chi connectivity index (χ0v) is 12.1. The summed E-state index contributed by atoms with van der Waals surface area (Å²) in [5.41, 5.74) is 1.91. The van der Waals surface area contributed by atoms with Crippen molar-refractivity contribution in [1.82, 2.24) is 24.7 Å². The molecule has 1 unspecified atom stereocenters. The number of hydrogen-bond donors (Lipinski definition) is 0. The number of amides is 1. The van der Waals surface area contributed by atoms with Crippen molar-refractivity contribution in [3.05, 3.63) is 47.7 Å². The smallest absolute Gasteiger partial charge is 0.259 e. The molecule has 3 aromatic heterocycles. The monoisotopic (exact) mass is 297 g/mol. The fourth-order valence-electron chi connectivity index (χ4n) is 2.99. The van der Waals surface area contributed by atoms with Gasteiger partial charge in [0.15, 0.2) is 5.65 Å². The van der Waals surface area contributed by atoms with Crippen LogP contribution in [0.4, 0.5) is 0 Å². The van der Waals surface area contributed by atoms with Crippen LogP contribution in [-0.4, -0.2) is 37.1 Å². The Morgan fingerprint density at radius 1 is 1.45 bits per heavy atom. The van der Waals surface area contributed by atoms with Crippen molar-refractivity contribution in [2.75, 3.05) is 6.54 Å². The van der Waals surface area contributed by atoms with Gasteiger partial charge in [-0.15, -0.1) is 0 Å². The number of carbonyl (C=O) groups excluding carboxylic acids is 1. The van der Waals surface area contributed by atoms with Crippen LogP contribution < -0.4 is 0 Å². The van der Waals surface area contributed by atoms with Crippen molar-refractivity contribution < 1.29 is 9.32 Å².